The second kappa shape index (κ2) is 5.66. The molecule has 1 aromatic heterocycles. The first-order chi connectivity index (χ1) is 9.46. The molecule has 1 N–H and O–H groups in total. The molecule has 0 aliphatic carbocycles. The predicted octanol–water partition coefficient (Wildman–Crippen LogP) is 1.73. The smallest absolute Gasteiger partial charge is 0.325 e. The van der Waals surface area contributed by atoms with Crippen molar-refractivity contribution in [1.82, 2.24) is 4.98 Å². The largest absolute Gasteiger partial charge is 0.411 e. The summed E-state index contributed by atoms with van der Waals surface area (Å²) in [5.41, 5.74) is 0.0741. The summed E-state index contributed by atoms with van der Waals surface area (Å²) in [6.45, 7) is 0. The molecule has 1 heterocycles. The molecular formula is C12H9FN2O4S. The molecule has 2 aromatic rings. The van der Waals surface area contributed by atoms with Gasteiger partial charge >= 0.3 is 16.3 Å². The summed E-state index contributed by atoms with van der Waals surface area (Å²) >= 11 is 0. The normalized spacial score (nSPS) is 10.8. The highest BCUT2D eigenvalue weighted by Crippen LogP contribution is 2.09. The summed E-state index contributed by atoms with van der Waals surface area (Å²) in [6, 6.07) is 11.1. The minimum atomic E-state index is -4.43. The van der Waals surface area contributed by atoms with Crippen molar-refractivity contribution >= 4 is 22.1 Å². The Bertz CT molecular complexity index is 719. The zero-order valence-electron chi connectivity index (χ0n) is 9.99. The number of nitrogens with one attached hydrogen (secondary N) is 1. The summed E-state index contributed by atoms with van der Waals surface area (Å²) in [7, 11) is -4.43. The van der Waals surface area contributed by atoms with E-state index in [4.69, 9.17) is 0 Å². The highest BCUT2D eigenvalue weighted by molar-refractivity contribution is 7.88. The molecule has 0 radical (unpaired) electrons. The van der Waals surface area contributed by atoms with E-state index in [1.807, 2.05) is 4.72 Å². The first-order valence-corrected chi connectivity index (χ1v) is 6.81. The number of rotatable bonds is 4. The number of benzene rings is 1. The number of anilines is 1. The van der Waals surface area contributed by atoms with Crippen molar-refractivity contribution in [2.24, 2.45) is 0 Å². The van der Waals surface area contributed by atoms with Crippen molar-refractivity contribution in [3.05, 3.63) is 60.0 Å². The third kappa shape index (κ3) is 3.75. The van der Waals surface area contributed by atoms with Gasteiger partial charge in [0.25, 0.3) is 0 Å². The van der Waals surface area contributed by atoms with Gasteiger partial charge < -0.3 is 4.18 Å². The van der Waals surface area contributed by atoms with Crippen molar-refractivity contribution < 1.29 is 21.8 Å². The van der Waals surface area contributed by atoms with Crippen LogP contribution in [0.25, 0.3) is 0 Å². The lowest BCUT2D eigenvalue weighted by molar-refractivity contribution is 0.0748. The number of hydrogen-bond donors (Lipinski definition) is 1. The predicted molar refractivity (Wildman–Crippen MR) is 68.6 cm³/mol. The maximum absolute atomic E-state index is 12.8. The molecule has 8 heteroatoms. The molecule has 0 saturated heterocycles. The third-order valence-electron chi connectivity index (χ3n) is 2.14. The fourth-order valence-corrected chi connectivity index (χ4v) is 2.04. The second-order valence-corrected chi connectivity index (χ2v) is 4.92. The first kappa shape index (κ1) is 13.9. The molecule has 0 aliphatic rings. The summed E-state index contributed by atoms with van der Waals surface area (Å²) in [5, 5.41) is 0. The number of aromatic nitrogens is 1. The van der Waals surface area contributed by atoms with Crippen molar-refractivity contribution in [3.8, 4) is 0 Å². The van der Waals surface area contributed by atoms with Crippen molar-refractivity contribution in [3.63, 3.8) is 0 Å². The van der Waals surface area contributed by atoms with Gasteiger partial charge in [0.2, 0.25) is 5.95 Å². The third-order valence-corrected chi connectivity index (χ3v) is 2.97. The average molecular weight is 296 g/mol. The van der Waals surface area contributed by atoms with Crippen LogP contribution in [0.2, 0.25) is 0 Å². The Morgan fingerprint density at radius 3 is 2.45 bits per heavy atom. The second-order valence-electron chi connectivity index (χ2n) is 3.64. The Morgan fingerprint density at radius 2 is 1.80 bits per heavy atom. The molecule has 0 atom stereocenters. The quantitative estimate of drug-likeness (QED) is 0.868. The zero-order valence-corrected chi connectivity index (χ0v) is 10.8. The number of pyridine rings is 1. The fraction of sp³-hybridized carbons (Fsp3) is 0. The SMILES string of the molecule is O=C(OS(=O)(=O)Nc1cccc(F)n1)c1ccccc1. The van der Waals surface area contributed by atoms with Crippen LogP contribution in [0.5, 0.6) is 0 Å². The molecule has 0 saturated carbocycles. The van der Waals surface area contributed by atoms with Gasteiger partial charge in [-0.3, -0.25) is 0 Å². The lowest BCUT2D eigenvalue weighted by Crippen LogP contribution is -2.21. The van der Waals surface area contributed by atoms with Crippen LogP contribution in [0.15, 0.2) is 48.5 Å². The lowest BCUT2D eigenvalue weighted by Gasteiger charge is -2.07. The molecule has 0 unspecified atom stereocenters. The van der Waals surface area contributed by atoms with Gasteiger partial charge in [0.05, 0.1) is 5.56 Å². The summed E-state index contributed by atoms with van der Waals surface area (Å²) in [6.07, 6.45) is 0. The van der Waals surface area contributed by atoms with Crippen LogP contribution < -0.4 is 4.72 Å². The van der Waals surface area contributed by atoms with Crippen LogP contribution in [0.3, 0.4) is 0 Å². The van der Waals surface area contributed by atoms with E-state index in [0.29, 0.717) is 0 Å². The Balaban J connectivity index is 2.10. The van der Waals surface area contributed by atoms with Crippen LogP contribution >= 0.6 is 0 Å². The molecule has 6 nitrogen and oxygen atoms in total. The fourth-order valence-electron chi connectivity index (χ4n) is 1.34. The number of nitrogens with zero attached hydrogens (tertiary/aromatic N) is 1. The maximum atomic E-state index is 12.8. The van der Waals surface area contributed by atoms with E-state index in [-0.39, 0.29) is 11.4 Å². The highest BCUT2D eigenvalue weighted by atomic mass is 32.2. The van der Waals surface area contributed by atoms with E-state index in [2.05, 4.69) is 9.17 Å². The van der Waals surface area contributed by atoms with Gasteiger partial charge in [0.1, 0.15) is 5.82 Å². The van der Waals surface area contributed by atoms with E-state index >= 15 is 0 Å². The molecule has 20 heavy (non-hydrogen) atoms. The van der Waals surface area contributed by atoms with Gasteiger partial charge in [0.15, 0.2) is 0 Å². The standard InChI is InChI=1S/C12H9FN2O4S/c13-10-7-4-8-11(14-10)15-20(17,18)19-12(16)9-5-2-1-3-6-9/h1-8H,(H,14,15). The Kier molecular flexibility index (Phi) is 3.94. The van der Waals surface area contributed by atoms with Crippen LogP contribution in [0.4, 0.5) is 10.2 Å². The molecule has 104 valence electrons. The zero-order chi connectivity index (χ0) is 14.6. The van der Waals surface area contributed by atoms with Gasteiger partial charge in [-0.05, 0) is 24.3 Å². The molecule has 0 amide bonds. The molecule has 2 rings (SSSR count). The van der Waals surface area contributed by atoms with Crippen molar-refractivity contribution in [1.29, 1.82) is 0 Å². The minimum absolute atomic E-state index is 0.0741. The molecule has 0 spiro atoms. The molecule has 0 bridgehead atoms. The van der Waals surface area contributed by atoms with E-state index < -0.39 is 22.2 Å². The minimum Gasteiger partial charge on any atom is -0.325 e. The van der Waals surface area contributed by atoms with Gasteiger partial charge in [0, 0.05) is 0 Å². The average Bonchev–Trinajstić information content (AvgIpc) is 2.38. The Labute approximate surface area is 114 Å². The molecule has 0 aliphatic heterocycles. The van der Waals surface area contributed by atoms with Crippen LogP contribution in [-0.2, 0) is 14.5 Å². The van der Waals surface area contributed by atoms with Gasteiger partial charge in [-0.2, -0.15) is 12.8 Å². The van der Waals surface area contributed by atoms with E-state index in [1.165, 1.54) is 24.3 Å². The Morgan fingerprint density at radius 1 is 1.10 bits per heavy atom. The van der Waals surface area contributed by atoms with Gasteiger partial charge in [-0.1, -0.05) is 24.3 Å². The summed E-state index contributed by atoms with van der Waals surface area (Å²) < 4.78 is 42.1. The van der Waals surface area contributed by atoms with Crippen molar-refractivity contribution in [2.75, 3.05) is 4.72 Å². The molecule has 0 fully saturated rings. The summed E-state index contributed by atoms with van der Waals surface area (Å²) in [4.78, 5) is 14.9. The molecular weight excluding hydrogens is 287 g/mol. The maximum Gasteiger partial charge on any atom is 0.411 e. The van der Waals surface area contributed by atoms with Crippen LogP contribution in [-0.4, -0.2) is 19.4 Å². The summed E-state index contributed by atoms with van der Waals surface area (Å²) in [5.74, 6) is -2.19. The number of hydrogen-bond acceptors (Lipinski definition) is 5. The van der Waals surface area contributed by atoms with E-state index in [9.17, 15) is 17.6 Å². The van der Waals surface area contributed by atoms with Crippen molar-refractivity contribution in [2.45, 2.75) is 0 Å². The number of carbonyl (C=O) groups is 1. The van der Waals surface area contributed by atoms with Gasteiger partial charge in [-0.25, -0.2) is 14.5 Å². The van der Waals surface area contributed by atoms with E-state index in [0.717, 1.165) is 6.07 Å². The molecule has 1 aromatic carbocycles. The lowest BCUT2D eigenvalue weighted by atomic mass is 10.2. The topological polar surface area (TPSA) is 85.4 Å². The monoisotopic (exact) mass is 296 g/mol. The number of halogens is 1. The van der Waals surface area contributed by atoms with E-state index in [1.54, 1.807) is 18.2 Å². The first-order valence-electron chi connectivity index (χ1n) is 5.40. The number of carbonyl (C=O) groups excluding carboxylic acids is 1. The van der Waals surface area contributed by atoms with Gasteiger partial charge in [-0.15, -0.1) is 0 Å². The van der Waals surface area contributed by atoms with Crippen LogP contribution in [0, 0.1) is 5.95 Å². The highest BCUT2D eigenvalue weighted by Gasteiger charge is 2.19. The van der Waals surface area contributed by atoms with Crippen LogP contribution in [0.1, 0.15) is 10.4 Å². The Hall–Kier alpha value is -2.48.